The normalized spacial score (nSPS) is 18.8. The molecule has 0 bridgehead atoms. The Morgan fingerprint density at radius 3 is 2.56 bits per heavy atom. The zero-order valence-electron chi connectivity index (χ0n) is 10.7. The first kappa shape index (κ1) is 12.1. The SMILES string of the molecule is CC(NC(C)C(C)C)c1nc2c(s1)CCC2. The van der Waals surface area contributed by atoms with Crippen LogP contribution in [0.5, 0.6) is 0 Å². The van der Waals surface area contributed by atoms with E-state index in [1.54, 1.807) is 0 Å². The van der Waals surface area contributed by atoms with Gasteiger partial charge in [0.15, 0.2) is 0 Å². The van der Waals surface area contributed by atoms with Crippen LogP contribution in [0.25, 0.3) is 0 Å². The molecule has 0 aliphatic heterocycles. The first-order valence-corrected chi connectivity index (χ1v) is 7.14. The summed E-state index contributed by atoms with van der Waals surface area (Å²) in [6.07, 6.45) is 3.75. The zero-order valence-corrected chi connectivity index (χ0v) is 11.5. The number of nitrogens with one attached hydrogen (secondary N) is 1. The molecule has 0 saturated carbocycles. The average Bonchev–Trinajstić information content (AvgIpc) is 2.75. The van der Waals surface area contributed by atoms with Gasteiger partial charge in [-0.15, -0.1) is 11.3 Å². The van der Waals surface area contributed by atoms with Crippen LogP contribution in [0.1, 0.15) is 55.7 Å². The van der Waals surface area contributed by atoms with Gasteiger partial charge in [-0.05, 0) is 39.0 Å². The van der Waals surface area contributed by atoms with Crippen LogP contribution in [0.4, 0.5) is 0 Å². The van der Waals surface area contributed by atoms with Gasteiger partial charge in [0.2, 0.25) is 0 Å². The van der Waals surface area contributed by atoms with E-state index in [9.17, 15) is 0 Å². The molecule has 1 aromatic heterocycles. The fourth-order valence-electron chi connectivity index (χ4n) is 2.05. The van der Waals surface area contributed by atoms with E-state index in [0.29, 0.717) is 18.0 Å². The summed E-state index contributed by atoms with van der Waals surface area (Å²) in [5.74, 6) is 0.675. The largest absolute Gasteiger partial charge is 0.305 e. The zero-order chi connectivity index (χ0) is 11.7. The highest BCUT2D eigenvalue weighted by Gasteiger charge is 2.20. The second-order valence-corrected chi connectivity index (χ2v) is 6.31. The molecule has 1 aliphatic rings. The van der Waals surface area contributed by atoms with Crippen molar-refractivity contribution in [1.29, 1.82) is 0 Å². The van der Waals surface area contributed by atoms with E-state index in [1.165, 1.54) is 34.8 Å². The molecule has 0 radical (unpaired) electrons. The number of hydrogen-bond acceptors (Lipinski definition) is 3. The Labute approximate surface area is 102 Å². The molecule has 3 heteroatoms. The molecule has 0 spiro atoms. The van der Waals surface area contributed by atoms with E-state index in [4.69, 9.17) is 4.98 Å². The molecule has 2 unspecified atom stereocenters. The van der Waals surface area contributed by atoms with Gasteiger partial charge < -0.3 is 5.32 Å². The molecular formula is C13H22N2S. The molecule has 1 aliphatic carbocycles. The van der Waals surface area contributed by atoms with E-state index in [-0.39, 0.29) is 0 Å². The van der Waals surface area contributed by atoms with Crippen LogP contribution in [-0.4, -0.2) is 11.0 Å². The van der Waals surface area contributed by atoms with Crippen molar-refractivity contribution in [2.75, 3.05) is 0 Å². The van der Waals surface area contributed by atoms with Gasteiger partial charge in [-0.25, -0.2) is 4.98 Å². The molecule has 0 fully saturated rings. The van der Waals surface area contributed by atoms with Crippen molar-refractivity contribution in [3.8, 4) is 0 Å². The van der Waals surface area contributed by atoms with Crippen LogP contribution < -0.4 is 5.32 Å². The van der Waals surface area contributed by atoms with Gasteiger partial charge in [-0.3, -0.25) is 0 Å². The summed E-state index contributed by atoms with van der Waals surface area (Å²) < 4.78 is 0. The molecule has 2 atom stereocenters. The minimum Gasteiger partial charge on any atom is -0.305 e. The first-order valence-electron chi connectivity index (χ1n) is 6.32. The molecule has 0 amide bonds. The summed E-state index contributed by atoms with van der Waals surface area (Å²) in [4.78, 5) is 6.29. The van der Waals surface area contributed by atoms with Crippen LogP contribution >= 0.6 is 11.3 Å². The summed E-state index contributed by atoms with van der Waals surface area (Å²) in [7, 11) is 0. The molecule has 1 aromatic rings. The van der Waals surface area contributed by atoms with Crippen molar-refractivity contribution >= 4 is 11.3 Å². The Hall–Kier alpha value is -0.410. The molecule has 2 rings (SSSR count). The Kier molecular flexibility index (Phi) is 3.65. The van der Waals surface area contributed by atoms with Gasteiger partial charge in [0.1, 0.15) is 5.01 Å². The summed E-state index contributed by atoms with van der Waals surface area (Å²) >= 11 is 1.91. The lowest BCUT2D eigenvalue weighted by Gasteiger charge is -2.21. The van der Waals surface area contributed by atoms with E-state index < -0.39 is 0 Å². The lowest BCUT2D eigenvalue weighted by molar-refractivity contribution is 0.388. The Balaban J connectivity index is 2.01. The standard InChI is InChI=1S/C13H22N2S/c1-8(2)9(3)14-10(4)13-15-11-6-5-7-12(11)16-13/h8-10,14H,5-7H2,1-4H3. The van der Waals surface area contributed by atoms with Gasteiger partial charge in [0, 0.05) is 10.9 Å². The van der Waals surface area contributed by atoms with Gasteiger partial charge >= 0.3 is 0 Å². The number of rotatable bonds is 4. The number of thiazole rings is 1. The highest BCUT2D eigenvalue weighted by molar-refractivity contribution is 7.11. The highest BCUT2D eigenvalue weighted by Crippen LogP contribution is 2.30. The minimum atomic E-state index is 0.396. The van der Waals surface area contributed by atoms with Crippen LogP contribution in [-0.2, 0) is 12.8 Å². The maximum atomic E-state index is 4.76. The number of nitrogens with zero attached hydrogens (tertiary/aromatic N) is 1. The Bertz CT molecular complexity index is 335. The molecule has 0 saturated heterocycles. The molecule has 16 heavy (non-hydrogen) atoms. The second-order valence-electron chi connectivity index (χ2n) is 5.20. The predicted molar refractivity (Wildman–Crippen MR) is 70.0 cm³/mol. The third-order valence-corrected chi connectivity index (χ3v) is 4.84. The van der Waals surface area contributed by atoms with Gasteiger partial charge in [0.05, 0.1) is 11.7 Å². The minimum absolute atomic E-state index is 0.396. The van der Waals surface area contributed by atoms with E-state index in [0.717, 1.165) is 0 Å². The summed E-state index contributed by atoms with van der Waals surface area (Å²) in [6, 6.07) is 0.946. The van der Waals surface area contributed by atoms with Crippen molar-refractivity contribution in [2.45, 2.75) is 59.0 Å². The van der Waals surface area contributed by atoms with Crippen molar-refractivity contribution < 1.29 is 0 Å². The van der Waals surface area contributed by atoms with Crippen molar-refractivity contribution in [1.82, 2.24) is 10.3 Å². The quantitative estimate of drug-likeness (QED) is 0.870. The molecule has 90 valence electrons. The van der Waals surface area contributed by atoms with E-state index in [1.807, 2.05) is 11.3 Å². The lowest BCUT2D eigenvalue weighted by atomic mass is 10.1. The molecule has 1 N–H and O–H groups in total. The number of aromatic nitrogens is 1. The highest BCUT2D eigenvalue weighted by atomic mass is 32.1. The average molecular weight is 238 g/mol. The molecule has 2 nitrogen and oxygen atoms in total. The summed E-state index contributed by atoms with van der Waals surface area (Å²) in [6.45, 7) is 8.99. The van der Waals surface area contributed by atoms with Gasteiger partial charge in [0.25, 0.3) is 0 Å². The fraction of sp³-hybridized carbons (Fsp3) is 0.769. The maximum Gasteiger partial charge on any atom is 0.110 e. The second kappa shape index (κ2) is 4.84. The topological polar surface area (TPSA) is 24.9 Å². The molecule has 1 heterocycles. The van der Waals surface area contributed by atoms with Gasteiger partial charge in [-0.1, -0.05) is 13.8 Å². The number of hydrogen-bond donors (Lipinski definition) is 1. The van der Waals surface area contributed by atoms with Crippen LogP contribution in [0.15, 0.2) is 0 Å². The van der Waals surface area contributed by atoms with Crippen LogP contribution in [0.2, 0.25) is 0 Å². The summed E-state index contributed by atoms with van der Waals surface area (Å²) in [5.41, 5.74) is 1.37. The first-order chi connectivity index (χ1) is 7.58. The monoisotopic (exact) mass is 238 g/mol. The summed E-state index contributed by atoms with van der Waals surface area (Å²) in [5, 5.41) is 4.91. The fourth-order valence-corrected chi connectivity index (χ4v) is 3.22. The lowest BCUT2D eigenvalue weighted by Crippen LogP contribution is -2.32. The Morgan fingerprint density at radius 2 is 1.94 bits per heavy atom. The molecular weight excluding hydrogens is 216 g/mol. The van der Waals surface area contributed by atoms with Crippen LogP contribution in [0.3, 0.4) is 0 Å². The van der Waals surface area contributed by atoms with Crippen molar-refractivity contribution in [3.63, 3.8) is 0 Å². The van der Waals surface area contributed by atoms with Gasteiger partial charge in [-0.2, -0.15) is 0 Å². The van der Waals surface area contributed by atoms with Crippen LogP contribution in [0, 0.1) is 5.92 Å². The maximum absolute atomic E-state index is 4.76. The number of aryl methyl sites for hydroxylation is 2. The van der Waals surface area contributed by atoms with E-state index in [2.05, 4.69) is 33.0 Å². The van der Waals surface area contributed by atoms with E-state index >= 15 is 0 Å². The predicted octanol–water partition coefficient (Wildman–Crippen LogP) is 3.33. The molecule has 0 aromatic carbocycles. The van der Waals surface area contributed by atoms with Crippen molar-refractivity contribution in [3.05, 3.63) is 15.6 Å². The number of fused-ring (bicyclic) bond motifs is 1. The third kappa shape index (κ3) is 2.46. The third-order valence-electron chi connectivity index (χ3n) is 3.50. The van der Waals surface area contributed by atoms with Crippen molar-refractivity contribution in [2.24, 2.45) is 5.92 Å². The smallest absolute Gasteiger partial charge is 0.110 e. The Morgan fingerprint density at radius 1 is 1.19 bits per heavy atom.